The average molecular weight is 246 g/mol. The molecule has 1 aliphatic heterocycles. The Labute approximate surface area is 97.3 Å². The zero-order valence-electron chi connectivity index (χ0n) is 9.20. The number of aliphatic hydroxyl groups excluding tert-OH is 3. The second-order valence-electron chi connectivity index (χ2n) is 3.78. The molecule has 4 atom stereocenters. The molecule has 1 aliphatic rings. The number of carbonyl (C=O) groups is 2. The fourth-order valence-electron chi connectivity index (χ4n) is 1.28. The largest absolute Gasteiger partial charge is 0.459 e. The molecule has 0 spiro atoms. The minimum atomic E-state index is -1.69. The normalized spacial score (nSPS) is 29.6. The predicted molar refractivity (Wildman–Crippen MR) is 53.7 cm³/mol. The molecule has 0 aromatic carbocycles. The molecule has 0 radical (unpaired) electrons. The average Bonchev–Trinajstić information content (AvgIpc) is 2.53. The number of cyclic esters (lactones) is 1. The summed E-state index contributed by atoms with van der Waals surface area (Å²) in [4.78, 5) is 21.9. The summed E-state index contributed by atoms with van der Waals surface area (Å²) in [5, 5.41) is 28.0. The molecule has 1 saturated heterocycles. The lowest BCUT2D eigenvalue weighted by Crippen LogP contribution is -2.41. The molecule has 0 aromatic rings. The van der Waals surface area contributed by atoms with E-state index in [0.29, 0.717) is 0 Å². The quantitative estimate of drug-likeness (QED) is 0.392. The van der Waals surface area contributed by atoms with Crippen molar-refractivity contribution in [3.63, 3.8) is 0 Å². The van der Waals surface area contributed by atoms with Crippen LogP contribution in [0.2, 0.25) is 0 Å². The Kier molecular flexibility index (Phi) is 4.22. The van der Waals surface area contributed by atoms with Gasteiger partial charge in [0.15, 0.2) is 12.2 Å². The first-order valence-corrected chi connectivity index (χ1v) is 4.92. The van der Waals surface area contributed by atoms with Gasteiger partial charge in [-0.15, -0.1) is 0 Å². The van der Waals surface area contributed by atoms with E-state index in [1.807, 2.05) is 0 Å². The molecule has 0 bridgehead atoms. The van der Waals surface area contributed by atoms with Crippen LogP contribution in [0.25, 0.3) is 0 Å². The molecule has 1 heterocycles. The Morgan fingerprint density at radius 1 is 1.59 bits per heavy atom. The number of ether oxygens (including phenoxy) is 2. The third kappa shape index (κ3) is 3.02. The molecule has 2 unspecified atom stereocenters. The van der Waals surface area contributed by atoms with Gasteiger partial charge in [-0.3, -0.25) is 0 Å². The SMILES string of the molecule is C=C(C)C(=O)OCC(O)C1OC(=O)[C@H](O)[C@@H]1O. The van der Waals surface area contributed by atoms with Crippen molar-refractivity contribution in [3.05, 3.63) is 12.2 Å². The van der Waals surface area contributed by atoms with E-state index in [1.54, 1.807) is 0 Å². The van der Waals surface area contributed by atoms with Gasteiger partial charge in [0.25, 0.3) is 0 Å². The van der Waals surface area contributed by atoms with Crippen molar-refractivity contribution in [3.8, 4) is 0 Å². The van der Waals surface area contributed by atoms with Crippen molar-refractivity contribution in [2.45, 2.75) is 31.3 Å². The number of hydrogen-bond donors (Lipinski definition) is 3. The van der Waals surface area contributed by atoms with Crippen LogP contribution in [0, 0.1) is 0 Å². The summed E-state index contributed by atoms with van der Waals surface area (Å²) in [5.41, 5.74) is 0.154. The molecule has 3 N–H and O–H groups in total. The minimum Gasteiger partial charge on any atom is -0.459 e. The number of carbonyl (C=O) groups excluding carboxylic acids is 2. The summed E-state index contributed by atoms with van der Waals surface area (Å²) < 4.78 is 9.16. The number of rotatable bonds is 4. The lowest BCUT2D eigenvalue weighted by molar-refractivity contribution is -0.154. The van der Waals surface area contributed by atoms with E-state index in [0.717, 1.165) is 0 Å². The Morgan fingerprint density at radius 3 is 2.59 bits per heavy atom. The number of esters is 2. The van der Waals surface area contributed by atoms with E-state index in [-0.39, 0.29) is 5.57 Å². The Morgan fingerprint density at radius 2 is 2.18 bits per heavy atom. The van der Waals surface area contributed by atoms with Gasteiger partial charge in [-0.05, 0) is 6.92 Å². The highest BCUT2D eigenvalue weighted by Crippen LogP contribution is 2.19. The van der Waals surface area contributed by atoms with Crippen LogP contribution in [0.4, 0.5) is 0 Å². The van der Waals surface area contributed by atoms with Gasteiger partial charge < -0.3 is 24.8 Å². The van der Waals surface area contributed by atoms with Gasteiger partial charge in [0, 0.05) is 5.57 Å². The van der Waals surface area contributed by atoms with Crippen LogP contribution in [0.5, 0.6) is 0 Å². The molecule has 96 valence electrons. The summed E-state index contributed by atoms with van der Waals surface area (Å²) in [5.74, 6) is -1.73. The fraction of sp³-hybridized carbons (Fsp3) is 0.600. The molecule has 7 nitrogen and oxygen atoms in total. The van der Waals surface area contributed by atoms with E-state index >= 15 is 0 Å². The van der Waals surface area contributed by atoms with Gasteiger partial charge in [0.2, 0.25) is 0 Å². The summed E-state index contributed by atoms with van der Waals surface area (Å²) in [6.45, 7) is 4.31. The zero-order chi connectivity index (χ0) is 13.2. The smallest absolute Gasteiger partial charge is 0.338 e. The van der Waals surface area contributed by atoms with E-state index in [2.05, 4.69) is 16.1 Å². The van der Waals surface area contributed by atoms with Crippen LogP contribution in [0.1, 0.15) is 6.92 Å². The van der Waals surface area contributed by atoms with E-state index in [9.17, 15) is 19.8 Å². The zero-order valence-corrected chi connectivity index (χ0v) is 9.20. The summed E-state index contributed by atoms with van der Waals surface area (Å²) >= 11 is 0. The molecule has 0 amide bonds. The van der Waals surface area contributed by atoms with Gasteiger partial charge in [-0.25, -0.2) is 9.59 Å². The van der Waals surface area contributed by atoms with Crippen molar-refractivity contribution in [1.82, 2.24) is 0 Å². The molecule has 1 rings (SSSR count). The van der Waals surface area contributed by atoms with Crippen molar-refractivity contribution >= 4 is 11.9 Å². The van der Waals surface area contributed by atoms with E-state index in [1.165, 1.54) is 6.92 Å². The molecular formula is C10H14O7. The van der Waals surface area contributed by atoms with Gasteiger partial charge in [-0.1, -0.05) is 6.58 Å². The van der Waals surface area contributed by atoms with Crippen LogP contribution in [0.3, 0.4) is 0 Å². The highest BCUT2D eigenvalue weighted by atomic mass is 16.6. The molecule has 0 aromatic heterocycles. The van der Waals surface area contributed by atoms with Crippen molar-refractivity contribution in [1.29, 1.82) is 0 Å². The van der Waals surface area contributed by atoms with Gasteiger partial charge in [0.05, 0.1) is 0 Å². The van der Waals surface area contributed by atoms with Crippen LogP contribution in [0.15, 0.2) is 12.2 Å². The van der Waals surface area contributed by atoms with Gasteiger partial charge in [0.1, 0.15) is 18.8 Å². The predicted octanol–water partition coefficient (Wildman–Crippen LogP) is -1.89. The van der Waals surface area contributed by atoms with Crippen molar-refractivity contribution in [2.24, 2.45) is 0 Å². The third-order valence-corrected chi connectivity index (χ3v) is 2.27. The molecular weight excluding hydrogens is 232 g/mol. The lowest BCUT2D eigenvalue weighted by atomic mass is 10.1. The first-order valence-electron chi connectivity index (χ1n) is 4.92. The Bertz CT molecular complexity index is 338. The summed E-state index contributed by atoms with van der Waals surface area (Å²) in [6.07, 6.45) is -5.95. The summed E-state index contributed by atoms with van der Waals surface area (Å²) in [7, 11) is 0. The van der Waals surface area contributed by atoms with Crippen LogP contribution < -0.4 is 0 Å². The molecule has 1 fully saturated rings. The second kappa shape index (κ2) is 5.26. The van der Waals surface area contributed by atoms with E-state index < -0.39 is 43.0 Å². The Balaban J connectivity index is 2.49. The van der Waals surface area contributed by atoms with Crippen molar-refractivity contribution < 1.29 is 34.4 Å². The highest BCUT2D eigenvalue weighted by molar-refractivity contribution is 5.86. The van der Waals surface area contributed by atoms with Gasteiger partial charge in [-0.2, -0.15) is 0 Å². The number of hydrogen-bond acceptors (Lipinski definition) is 7. The van der Waals surface area contributed by atoms with Crippen LogP contribution in [-0.2, 0) is 19.1 Å². The monoisotopic (exact) mass is 246 g/mol. The summed E-state index contributed by atoms with van der Waals surface area (Å²) in [6, 6.07) is 0. The molecule has 17 heavy (non-hydrogen) atoms. The molecule has 0 aliphatic carbocycles. The maximum absolute atomic E-state index is 11.0. The second-order valence-corrected chi connectivity index (χ2v) is 3.78. The molecule has 0 saturated carbocycles. The minimum absolute atomic E-state index is 0.154. The topological polar surface area (TPSA) is 113 Å². The lowest BCUT2D eigenvalue weighted by Gasteiger charge is -2.19. The van der Waals surface area contributed by atoms with E-state index in [4.69, 9.17) is 5.11 Å². The molecule has 7 heteroatoms. The maximum Gasteiger partial charge on any atom is 0.338 e. The first kappa shape index (κ1) is 13.6. The first-order chi connectivity index (χ1) is 7.84. The standard InChI is InChI=1S/C10H14O7/c1-4(2)9(14)16-3-5(11)8-6(12)7(13)10(15)17-8/h5-8,11-13H,1,3H2,2H3/t5?,6-,7+,8?/m0/s1. The van der Waals surface area contributed by atoms with Crippen LogP contribution >= 0.6 is 0 Å². The Hall–Kier alpha value is -1.44. The maximum atomic E-state index is 11.0. The highest BCUT2D eigenvalue weighted by Gasteiger charge is 2.46. The van der Waals surface area contributed by atoms with Crippen molar-refractivity contribution in [2.75, 3.05) is 6.61 Å². The van der Waals surface area contributed by atoms with Crippen LogP contribution in [-0.4, -0.2) is 58.3 Å². The number of aliphatic hydroxyl groups is 3. The van der Waals surface area contributed by atoms with Gasteiger partial charge >= 0.3 is 11.9 Å². The third-order valence-electron chi connectivity index (χ3n) is 2.27. The fourth-order valence-corrected chi connectivity index (χ4v) is 1.28.